The number of carbonyl (C=O) groups excluding carboxylic acids is 1. The van der Waals surface area contributed by atoms with E-state index in [9.17, 15) is 9.90 Å². The molecule has 2 aromatic heterocycles. The zero-order chi connectivity index (χ0) is 29.8. The lowest BCUT2D eigenvalue weighted by molar-refractivity contribution is 0.0836. The fourth-order valence-corrected chi connectivity index (χ4v) is 6.10. The molecule has 0 amide bonds. The van der Waals surface area contributed by atoms with Crippen LogP contribution in [0.3, 0.4) is 0 Å². The monoisotopic (exact) mass is 623 g/mol. The number of ketones is 1. The number of β-amino-alcohol motifs (C(OH)–C–C–N with tert-alkyl or cyclic N) is 1. The summed E-state index contributed by atoms with van der Waals surface area (Å²) in [5, 5.41) is 14.4. The van der Waals surface area contributed by atoms with Gasteiger partial charge in [0.2, 0.25) is 0 Å². The molecule has 1 atom stereocenters. The van der Waals surface area contributed by atoms with E-state index in [0.717, 1.165) is 79.8 Å². The third-order valence-corrected chi connectivity index (χ3v) is 9.02. The maximum Gasteiger partial charge on any atom is 0.181 e. The minimum Gasteiger partial charge on any atom is -0.485 e. The molecule has 0 radical (unpaired) electrons. The number of pyridine rings is 1. The molecule has 0 bridgehead atoms. The number of oxazole rings is 1. The van der Waals surface area contributed by atoms with Gasteiger partial charge in [0.15, 0.2) is 17.9 Å². The van der Waals surface area contributed by atoms with Crippen molar-refractivity contribution in [3.05, 3.63) is 64.4 Å². The van der Waals surface area contributed by atoms with Gasteiger partial charge in [-0.1, -0.05) is 6.07 Å². The fraction of sp³-hybridized carbons (Fsp3) is 0.545. The number of hydrogen-bond acceptors (Lipinski definition) is 10. The second-order valence-electron chi connectivity index (χ2n) is 12.0. The number of aromatic nitrogens is 2. The van der Waals surface area contributed by atoms with E-state index in [-0.39, 0.29) is 19.3 Å². The van der Waals surface area contributed by atoms with Crippen molar-refractivity contribution in [3.63, 3.8) is 0 Å². The number of rotatable bonds is 12. The van der Waals surface area contributed by atoms with E-state index in [2.05, 4.69) is 33.1 Å². The first kappa shape index (κ1) is 32.3. The average molecular weight is 624 g/mol. The van der Waals surface area contributed by atoms with Crippen molar-refractivity contribution in [2.24, 2.45) is 0 Å². The van der Waals surface area contributed by atoms with Crippen LogP contribution in [0.4, 0.5) is 11.6 Å². The molecule has 10 nitrogen and oxygen atoms in total. The van der Waals surface area contributed by atoms with E-state index in [1.54, 1.807) is 0 Å². The predicted molar refractivity (Wildman–Crippen MR) is 174 cm³/mol. The highest BCUT2D eigenvalue weighted by atomic mass is 32.1. The molecule has 44 heavy (non-hydrogen) atoms. The number of aliphatic hydroxyl groups excluding tert-OH is 1. The molecule has 4 heterocycles. The minimum atomic E-state index is -0.576. The zero-order valence-corrected chi connectivity index (χ0v) is 26.8. The number of carbonyl (C=O) groups is 1. The van der Waals surface area contributed by atoms with E-state index in [1.807, 2.05) is 25.1 Å². The Morgan fingerprint density at radius 3 is 2.73 bits per heavy atom. The van der Waals surface area contributed by atoms with Crippen LogP contribution in [0.5, 0.6) is 5.75 Å². The van der Waals surface area contributed by atoms with Crippen LogP contribution in [0.1, 0.15) is 70.6 Å². The Kier molecular flexibility index (Phi) is 10.8. The van der Waals surface area contributed by atoms with E-state index in [4.69, 9.17) is 18.9 Å². The van der Waals surface area contributed by atoms with E-state index in [0.29, 0.717) is 50.8 Å². The van der Waals surface area contributed by atoms with Crippen LogP contribution in [-0.2, 0) is 24.3 Å². The van der Waals surface area contributed by atoms with Crippen molar-refractivity contribution in [1.29, 1.82) is 0 Å². The Morgan fingerprint density at radius 1 is 1.18 bits per heavy atom. The molecule has 0 spiro atoms. The lowest BCUT2D eigenvalue weighted by Gasteiger charge is -2.31. The van der Waals surface area contributed by atoms with E-state index in [1.165, 1.54) is 23.9 Å². The maximum atomic E-state index is 13.3. The van der Waals surface area contributed by atoms with Gasteiger partial charge in [0.1, 0.15) is 24.0 Å². The number of aliphatic hydroxyl groups is 1. The van der Waals surface area contributed by atoms with Gasteiger partial charge in [-0.3, -0.25) is 9.69 Å². The van der Waals surface area contributed by atoms with Crippen molar-refractivity contribution in [2.45, 2.75) is 77.7 Å². The molecule has 2 aliphatic heterocycles. The molecule has 1 aliphatic carbocycles. The number of morpholine rings is 1. The highest BCUT2D eigenvalue weighted by Crippen LogP contribution is 2.31. The molecule has 2 fully saturated rings. The van der Waals surface area contributed by atoms with Crippen molar-refractivity contribution in [2.75, 3.05) is 49.6 Å². The summed E-state index contributed by atoms with van der Waals surface area (Å²) in [6.07, 6.45) is 5.98. The molecule has 0 unspecified atom stereocenters. The van der Waals surface area contributed by atoms with Crippen LogP contribution in [-0.4, -0.2) is 77.3 Å². The number of aryl methyl sites for hydroxylation is 1. The average Bonchev–Trinajstić information content (AvgIpc) is 3.42. The number of anilines is 2. The van der Waals surface area contributed by atoms with Gasteiger partial charge in [-0.05, 0) is 80.8 Å². The third kappa shape index (κ3) is 7.74. The van der Waals surface area contributed by atoms with Crippen LogP contribution >= 0.6 is 13.5 Å². The van der Waals surface area contributed by atoms with Gasteiger partial charge in [0.25, 0.3) is 0 Å². The van der Waals surface area contributed by atoms with Crippen LogP contribution in [0.2, 0.25) is 0 Å². The summed E-state index contributed by atoms with van der Waals surface area (Å²) < 4.78 is 17.0. The number of hydrogen-bond donors (Lipinski definition) is 2. The fourth-order valence-electron chi connectivity index (χ4n) is 6.10. The highest BCUT2D eigenvalue weighted by Gasteiger charge is 2.24. The molecular weight excluding hydrogens is 578 g/mol. The summed E-state index contributed by atoms with van der Waals surface area (Å²) in [7, 11) is 0. The summed E-state index contributed by atoms with van der Waals surface area (Å²) in [5.74, 6) is 3.23. The molecule has 2 N–H and O–H groups in total. The minimum absolute atomic E-state index is 0. The van der Waals surface area contributed by atoms with Crippen LogP contribution in [0.15, 0.2) is 35.1 Å². The Balaban J connectivity index is 0.00000384. The Morgan fingerprint density at radius 2 is 2.00 bits per heavy atom. The smallest absolute Gasteiger partial charge is 0.181 e. The lowest BCUT2D eigenvalue weighted by Crippen LogP contribution is -2.37. The molecule has 238 valence electrons. The first-order chi connectivity index (χ1) is 20.9. The summed E-state index contributed by atoms with van der Waals surface area (Å²) in [6.45, 7) is 9.39. The molecule has 3 aliphatic rings. The largest absolute Gasteiger partial charge is 0.485 e. The Bertz CT molecular complexity index is 1420. The van der Waals surface area contributed by atoms with Gasteiger partial charge in [0.05, 0.1) is 25.0 Å². The van der Waals surface area contributed by atoms with Gasteiger partial charge in [-0.2, -0.15) is 13.5 Å². The van der Waals surface area contributed by atoms with E-state index >= 15 is 0 Å². The van der Waals surface area contributed by atoms with Gasteiger partial charge < -0.3 is 29.2 Å². The predicted octanol–water partition coefficient (Wildman–Crippen LogP) is 4.56. The van der Waals surface area contributed by atoms with Gasteiger partial charge in [-0.15, -0.1) is 0 Å². The molecular formula is C33H45N5O5S. The third-order valence-electron chi connectivity index (χ3n) is 9.02. The van der Waals surface area contributed by atoms with Crippen LogP contribution in [0.25, 0.3) is 0 Å². The zero-order valence-electron chi connectivity index (χ0n) is 25.8. The highest BCUT2D eigenvalue weighted by molar-refractivity contribution is 7.59. The standard InChI is InChI=1S/C33H43N5O5.H2S/c1-22-28-10-11-37(18-24(28)6-9-30(22)42-20-31-23(2)34-21-43-31)19-27(39)7-8-29(40)25-16-32(35-26-4-3-5-26)36-33(17-25)38-12-14-41-15-13-38;/h6,9,16-17,21,26-27,39H,3-5,7-8,10-15,18-20H2,1-2H3,(H,35,36);1H2/t27-;/m0./s1. The first-order valence-electron chi connectivity index (χ1n) is 15.6. The normalized spacial score (nSPS) is 17.8. The SMILES string of the molecule is Cc1ncoc1COc1ccc2c(c1C)CCN(C[C@@H](O)CCC(=O)c1cc(NC3CCC3)nc(N3CCOCC3)c1)C2.S. The van der Waals surface area contributed by atoms with E-state index < -0.39 is 6.10 Å². The molecule has 3 aromatic rings. The van der Waals surface area contributed by atoms with Crippen molar-refractivity contribution in [1.82, 2.24) is 14.9 Å². The Labute approximate surface area is 266 Å². The number of nitrogens with zero attached hydrogens (tertiary/aromatic N) is 4. The second-order valence-corrected chi connectivity index (χ2v) is 12.0. The van der Waals surface area contributed by atoms with Gasteiger partial charge >= 0.3 is 0 Å². The molecule has 6 rings (SSSR count). The second kappa shape index (κ2) is 14.8. The number of fused-ring (bicyclic) bond motifs is 1. The number of ether oxygens (including phenoxy) is 2. The topological polar surface area (TPSA) is 113 Å². The lowest BCUT2D eigenvalue weighted by atomic mass is 9.93. The summed E-state index contributed by atoms with van der Waals surface area (Å²) in [6, 6.07) is 8.36. The number of Topliss-reactive ketones (excluding diaryl/α,β-unsaturated/α-hetero) is 1. The summed E-state index contributed by atoms with van der Waals surface area (Å²) in [4.78, 5) is 26.7. The van der Waals surface area contributed by atoms with Crippen LogP contribution < -0.4 is 15.0 Å². The summed E-state index contributed by atoms with van der Waals surface area (Å²) in [5.41, 5.74) is 5.22. The Hall–Kier alpha value is -3.12. The quantitative estimate of drug-likeness (QED) is 0.279. The summed E-state index contributed by atoms with van der Waals surface area (Å²) >= 11 is 0. The van der Waals surface area contributed by atoms with Crippen molar-refractivity contribution in [3.8, 4) is 5.75 Å². The molecule has 1 saturated heterocycles. The first-order valence-corrected chi connectivity index (χ1v) is 15.6. The van der Waals surface area contributed by atoms with Crippen molar-refractivity contribution < 1.29 is 23.8 Å². The molecule has 11 heteroatoms. The van der Waals surface area contributed by atoms with Gasteiger partial charge in [-0.25, -0.2) is 9.97 Å². The molecule has 1 aromatic carbocycles. The number of benzene rings is 1. The molecule has 1 saturated carbocycles. The maximum absolute atomic E-state index is 13.3. The number of nitrogens with one attached hydrogen (secondary N) is 1. The van der Waals surface area contributed by atoms with Crippen LogP contribution in [0, 0.1) is 13.8 Å². The van der Waals surface area contributed by atoms with Crippen molar-refractivity contribution >= 4 is 30.9 Å². The van der Waals surface area contributed by atoms with Gasteiger partial charge in [0, 0.05) is 50.7 Å².